The van der Waals surface area contributed by atoms with Gasteiger partial charge in [0.1, 0.15) is 6.29 Å². The van der Waals surface area contributed by atoms with Gasteiger partial charge in [-0.2, -0.15) is 4.39 Å². The standard InChI is InChI=1S/C14H9F5O2/c1-13(18)10(15)9(14(19,21)12(17)11(13)16)8-4-2-3-7(5-8)6-20/h2-6,21H,1H3. The summed E-state index contributed by atoms with van der Waals surface area (Å²) in [6.07, 6.45) is 0.337. The highest BCUT2D eigenvalue weighted by Gasteiger charge is 2.55. The minimum absolute atomic E-state index is 0.0420. The molecule has 21 heavy (non-hydrogen) atoms. The third kappa shape index (κ3) is 2.17. The Morgan fingerprint density at radius 3 is 2.29 bits per heavy atom. The lowest BCUT2D eigenvalue weighted by molar-refractivity contribution is -0.0287. The van der Waals surface area contributed by atoms with Crippen LogP contribution in [0.1, 0.15) is 22.8 Å². The Morgan fingerprint density at radius 2 is 1.71 bits per heavy atom. The van der Waals surface area contributed by atoms with Crippen LogP contribution in [-0.4, -0.2) is 22.9 Å². The Bertz CT molecular complexity index is 674. The average molecular weight is 304 g/mol. The van der Waals surface area contributed by atoms with E-state index >= 15 is 0 Å². The molecule has 0 aromatic heterocycles. The van der Waals surface area contributed by atoms with E-state index in [0.717, 1.165) is 12.1 Å². The van der Waals surface area contributed by atoms with Gasteiger partial charge in [0.15, 0.2) is 11.7 Å². The van der Waals surface area contributed by atoms with Crippen LogP contribution in [0.5, 0.6) is 0 Å². The largest absolute Gasteiger partial charge is 0.353 e. The molecule has 1 aliphatic carbocycles. The molecule has 0 saturated carbocycles. The first-order chi connectivity index (χ1) is 9.64. The summed E-state index contributed by atoms with van der Waals surface area (Å²) < 4.78 is 68.8. The number of hydrogen-bond acceptors (Lipinski definition) is 2. The van der Waals surface area contributed by atoms with Gasteiger partial charge in [0.2, 0.25) is 11.5 Å². The number of halogens is 5. The number of aldehydes is 1. The van der Waals surface area contributed by atoms with Crippen molar-refractivity contribution < 1.29 is 31.9 Å². The summed E-state index contributed by atoms with van der Waals surface area (Å²) in [5.41, 5.74) is -5.47. The monoisotopic (exact) mass is 304 g/mol. The third-order valence-electron chi connectivity index (χ3n) is 3.17. The second kappa shape index (κ2) is 4.77. The smallest absolute Gasteiger partial charge is 0.291 e. The SMILES string of the molecule is CC1(F)C(F)=C(F)C(O)(F)C(c2cccc(C=O)c2)=C1F. The van der Waals surface area contributed by atoms with Crippen LogP contribution in [0.4, 0.5) is 22.0 Å². The number of aliphatic hydroxyl groups is 1. The van der Waals surface area contributed by atoms with E-state index in [2.05, 4.69) is 0 Å². The maximum absolute atomic E-state index is 14.0. The van der Waals surface area contributed by atoms with Gasteiger partial charge in [0, 0.05) is 5.56 Å². The van der Waals surface area contributed by atoms with Gasteiger partial charge in [0.05, 0.1) is 5.57 Å². The molecule has 2 atom stereocenters. The van der Waals surface area contributed by atoms with Crippen molar-refractivity contribution in [3.8, 4) is 0 Å². The zero-order chi connectivity index (χ0) is 16.0. The van der Waals surface area contributed by atoms with Crippen LogP contribution in [0.3, 0.4) is 0 Å². The second-order valence-electron chi connectivity index (χ2n) is 4.69. The summed E-state index contributed by atoms with van der Waals surface area (Å²) >= 11 is 0. The summed E-state index contributed by atoms with van der Waals surface area (Å²) in [5, 5.41) is 9.40. The maximum atomic E-state index is 14.0. The third-order valence-corrected chi connectivity index (χ3v) is 3.17. The lowest BCUT2D eigenvalue weighted by Crippen LogP contribution is -2.38. The van der Waals surface area contributed by atoms with Gasteiger partial charge in [-0.05, 0) is 18.6 Å². The Balaban J connectivity index is 2.76. The molecule has 1 aliphatic rings. The molecule has 0 fully saturated rings. The molecule has 0 radical (unpaired) electrons. The number of rotatable bonds is 2. The van der Waals surface area contributed by atoms with Gasteiger partial charge in [-0.25, -0.2) is 17.6 Å². The zero-order valence-corrected chi connectivity index (χ0v) is 10.6. The lowest BCUT2D eigenvalue weighted by atomic mass is 9.85. The lowest BCUT2D eigenvalue weighted by Gasteiger charge is -2.31. The van der Waals surface area contributed by atoms with E-state index in [1.165, 1.54) is 12.1 Å². The van der Waals surface area contributed by atoms with Gasteiger partial charge < -0.3 is 5.11 Å². The molecule has 7 heteroatoms. The number of carbonyl (C=O) groups excluding carboxylic acids is 1. The Morgan fingerprint density at radius 1 is 1.10 bits per heavy atom. The van der Waals surface area contributed by atoms with E-state index in [-0.39, 0.29) is 5.56 Å². The molecular weight excluding hydrogens is 295 g/mol. The van der Waals surface area contributed by atoms with E-state index in [0.29, 0.717) is 13.2 Å². The Kier molecular flexibility index (Phi) is 3.49. The normalized spacial score (nSPS) is 29.9. The van der Waals surface area contributed by atoms with Crippen LogP contribution in [0.2, 0.25) is 0 Å². The van der Waals surface area contributed by atoms with Crippen LogP contribution < -0.4 is 0 Å². The molecule has 0 spiro atoms. The molecule has 1 N–H and O–H groups in total. The number of allylic oxidation sites excluding steroid dienone is 2. The van der Waals surface area contributed by atoms with Crippen LogP contribution in [0.25, 0.3) is 5.57 Å². The van der Waals surface area contributed by atoms with E-state index in [1.54, 1.807) is 0 Å². The first kappa shape index (κ1) is 15.4. The van der Waals surface area contributed by atoms with Gasteiger partial charge >= 0.3 is 0 Å². The minimum Gasteiger partial charge on any atom is -0.353 e. The van der Waals surface area contributed by atoms with Crippen molar-refractivity contribution in [2.24, 2.45) is 0 Å². The maximum Gasteiger partial charge on any atom is 0.291 e. The van der Waals surface area contributed by atoms with Crippen molar-refractivity contribution in [1.29, 1.82) is 0 Å². The first-order valence-electron chi connectivity index (χ1n) is 5.76. The van der Waals surface area contributed by atoms with Crippen molar-refractivity contribution in [2.75, 3.05) is 0 Å². The van der Waals surface area contributed by atoms with Gasteiger partial charge in [0.25, 0.3) is 5.85 Å². The molecule has 112 valence electrons. The first-order valence-corrected chi connectivity index (χ1v) is 5.76. The van der Waals surface area contributed by atoms with Crippen molar-refractivity contribution in [3.05, 3.63) is 52.9 Å². The Hall–Kier alpha value is -2.02. The van der Waals surface area contributed by atoms with Gasteiger partial charge in [-0.15, -0.1) is 0 Å². The van der Waals surface area contributed by atoms with Gasteiger partial charge in [-0.1, -0.05) is 18.2 Å². The summed E-state index contributed by atoms with van der Waals surface area (Å²) in [6, 6.07) is 4.41. The molecule has 0 aliphatic heterocycles. The van der Waals surface area contributed by atoms with Crippen LogP contribution >= 0.6 is 0 Å². The van der Waals surface area contributed by atoms with E-state index in [1.807, 2.05) is 0 Å². The molecular formula is C14H9F5O2. The molecule has 0 saturated heterocycles. The molecule has 0 amide bonds. The molecule has 2 rings (SSSR count). The topological polar surface area (TPSA) is 37.3 Å². The molecule has 2 nitrogen and oxygen atoms in total. The fourth-order valence-electron chi connectivity index (χ4n) is 2.02. The van der Waals surface area contributed by atoms with Crippen molar-refractivity contribution >= 4 is 11.9 Å². The molecule has 0 bridgehead atoms. The molecule has 1 aromatic carbocycles. The summed E-state index contributed by atoms with van der Waals surface area (Å²) in [6.45, 7) is 0.357. The number of hydrogen-bond donors (Lipinski definition) is 1. The van der Waals surface area contributed by atoms with E-state index in [9.17, 15) is 31.9 Å². The predicted octanol–water partition coefficient (Wildman–Crippen LogP) is 3.73. The van der Waals surface area contributed by atoms with Crippen LogP contribution in [0, 0.1) is 0 Å². The Labute approximate surface area is 116 Å². The summed E-state index contributed by atoms with van der Waals surface area (Å²) in [5.74, 6) is -11.0. The number of benzene rings is 1. The molecule has 0 heterocycles. The highest BCUT2D eigenvalue weighted by Crippen LogP contribution is 2.51. The highest BCUT2D eigenvalue weighted by molar-refractivity contribution is 5.83. The number of alkyl halides is 2. The van der Waals surface area contributed by atoms with Crippen molar-refractivity contribution in [3.63, 3.8) is 0 Å². The van der Waals surface area contributed by atoms with Crippen molar-refractivity contribution in [1.82, 2.24) is 0 Å². The minimum atomic E-state index is -4.17. The number of carbonyl (C=O) groups is 1. The van der Waals surface area contributed by atoms with Gasteiger partial charge in [-0.3, -0.25) is 4.79 Å². The quantitative estimate of drug-likeness (QED) is 0.668. The molecule has 2 unspecified atom stereocenters. The average Bonchev–Trinajstić information content (AvgIpc) is 2.44. The fourth-order valence-corrected chi connectivity index (χ4v) is 2.02. The fraction of sp³-hybridized carbons (Fsp3) is 0.214. The van der Waals surface area contributed by atoms with E-state index < -0.39 is 40.1 Å². The highest BCUT2D eigenvalue weighted by atomic mass is 19.2. The summed E-state index contributed by atoms with van der Waals surface area (Å²) in [4.78, 5) is 10.6. The molecule has 1 aromatic rings. The van der Waals surface area contributed by atoms with Crippen LogP contribution in [0.15, 0.2) is 41.7 Å². The predicted molar refractivity (Wildman–Crippen MR) is 64.7 cm³/mol. The second-order valence-corrected chi connectivity index (χ2v) is 4.69. The zero-order valence-electron chi connectivity index (χ0n) is 10.6. The van der Waals surface area contributed by atoms with Crippen LogP contribution in [-0.2, 0) is 0 Å². The van der Waals surface area contributed by atoms with Crippen molar-refractivity contribution in [2.45, 2.75) is 18.4 Å². The summed E-state index contributed by atoms with van der Waals surface area (Å²) in [7, 11) is 0. The van der Waals surface area contributed by atoms with E-state index in [4.69, 9.17) is 0 Å².